The Balaban J connectivity index is 1.85. The second-order valence-corrected chi connectivity index (χ2v) is 9.86. The molecule has 4 N–H and O–H groups in total. The molecule has 0 bridgehead atoms. The van der Waals surface area contributed by atoms with Crippen LogP contribution in [-0.4, -0.2) is 76.5 Å². The Hall–Kier alpha value is -4.33. The molecule has 40 heavy (non-hydrogen) atoms. The van der Waals surface area contributed by atoms with Crippen molar-refractivity contribution in [3.8, 4) is 0 Å². The number of hydrogen-bond acceptors (Lipinski definition) is 9. The molecule has 1 aromatic heterocycles. The van der Waals surface area contributed by atoms with Crippen LogP contribution in [-0.2, 0) is 34.9 Å². The van der Waals surface area contributed by atoms with Gasteiger partial charge in [-0.25, -0.2) is 4.98 Å². The molecule has 1 aliphatic rings. The first-order chi connectivity index (χ1) is 19.0. The van der Waals surface area contributed by atoms with E-state index in [9.17, 15) is 29.1 Å². The highest BCUT2D eigenvalue weighted by Gasteiger charge is 2.57. The molecule has 2 unspecified atom stereocenters. The second kappa shape index (κ2) is 13.6. The molecule has 3 amide bonds. The van der Waals surface area contributed by atoms with E-state index >= 15 is 0 Å². The minimum absolute atomic E-state index is 0.0113. The number of aromatic nitrogens is 2. The fraction of sp³-hybridized carbons (Fsp3) is 0.423. The van der Waals surface area contributed by atoms with Gasteiger partial charge >= 0.3 is 19.1 Å². The SMILES string of the molecule is CNC(=O)C[C@]1(CC(=O)O)OB(C(CC(C)C)NC(=O)C(Cc2ccccc2)NC(=O)c2cnccn2)OC1=O. The highest BCUT2D eigenvalue weighted by atomic mass is 16.7. The largest absolute Gasteiger partial charge is 0.552 e. The van der Waals surface area contributed by atoms with E-state index in [1.807, 2.05) is 19.9 Å². The minimum atomic E-state index is -2.06. The van der Waals surface area contributed by atoms with E-state index < -0.39 is 67.2 Å². The number of amides is 3. The maximum Gasteiger partial charge on any atom is 0.552 e. The summed E-state index contributed by atoms with van der Waals surface area (Å²) in [6, 6.07) is 7.98. The van der Waals surface area contributed by atoms with Gasteiger partial charge in [-0.1, -0.05) is 44.2 Å². The summed E-state index contributed by atoms with van der Waals surface area (Å²) in [6.45, 7) is 3.75. The number of rotatable bonds is 13. The van der Waals surface area contributed by atoms with Gasteiger partial charge in [0.2, 0.25) is 11.8 Å². The zero-order valence-electron chi connectivity index (χ0n) is 22.5. The van der Waals surface area contributed by atoms with Crippen molar-refractivity contribution < 1.29 is 38.4 Å². The van der Waals surface area contributed by atoms with E-state index in [0.717, 1.165) is 5.56 Å². The van der Waals surface area contributed by atoms with Crippen LogP contribution in [0, 0.1) is 5.92 Å². The Bertz CT molecular complexity index is 1220. The van der Waals surface area contributed by atoms with Gasteiger partial charge in [-0.15, -0.1) is 0 Å². The summed E-state index contributed by atoms with van der Waals surface area (Å²) in [7, 11) is -0.0191. The van der Waals surface area contributed by atoms with Crippen LogP contribution in [0.15, 0.2) is 48.9 Å². The molecule has 2 aromatic rings. The van der Waals surface area contributed by atoms with Gasteiger partial charge < -0.3 is 30.4 Å². The molecule has 3 atom stereocenters. The summed E-state index contributed by atoms with van der Waals surface area (Å²) in [5.74, 6) is -5.11. The second-order valence-electron chi connectivity index (χ2n) is 9.86. The monoisotopic (exact) mass is 553 g/mol. The zero-order chi connectivity index (χ0) is 29.3. The van der Waals surface area contributed by atoms with E-state index in [1.54, 1.807) is 24.3 Å². The van der Waals surface area contributed by atoms with E-state index in [-0.39, 0.29) is 24.5 Å². The summed E-state index contributed by atoms with van der Waals surface area (Å²) in [6.07, 6.45) is 3.09. The van der Waals surface area contributed by atoms with Crippen LogP contribution < -0.4 is 16.0 Å². The molecule has 0 radical (unpaired) electrons. The highest BCUT2D eigenvalue weighted by Crippen LogP contribution is 2.32. The molecule has 0 spiro atoms. The van der Waals surface area contributed by atoms with Gasteiger partial charge in [0, 0.05) is 25.9 Å². The maximum absolute atomic E-state index is 13.6. The number of nitrogens with zero attached hydrogens (tertiary/aromatic N) is 2. The first kappa shape index (κ1) is 30.2. The molecule has 2 heterocycles. The lowest BCUT2D eigenvalue weighted by atomic mass is 9.73. The molecular weight excluding hydrogens is 521 g/mol. The van der Waals surface area contributed by atoms with E-state index in [4.69, 9.17) is 9.31 Å². The van der Waals surface area contributed by atoms with Crippen molar-refractivity contribution in [3.63, 3.8) is 0 Å². The number of carbonyl (C=O) groups is 5. The number of hydrogen-bond donors (Lipinski definition) is 4. The normalized spacial score (nSPS) is 18.0. The number of carbonyl (C=O) groups excluding carboxylic acids is 4. The summed E-state index contributed by atoms with van der Waals surface area (Å²) in [5, 5.41) is 17.2. The van der Waals surface area contributed by atoms with E-state index in [2.05, 4.69) is 25.9 Å². The third-order valence-electron chi connectivity index (χ3n) is 6.18. The summed E-state index contributed by atoms with van der Waals surface area (Å²) >= 11 is 0. The Morgan fingerprint density at radius 3 is 2.40 bits per heavy atom. The highest BCUT2D eigenvalue weighted by molar-refractivity contribution is 6.51. The molecule has 212 valence electrons. The van der Waals surface area contributed by atoms with Crippen LogP contribution in [0.5, 0.6) is 0 Å². The molecule has 0 aliphatic carbocycles. The quantitative estimate of drug-likeness (QED) is 0.251. The van der Waals surface area contributed by atoms with Crippen molar-refractivity contribution in [2.75, 3.05) is 7.05 Å². The van der Waals surface area contributed by atoms with Gasteiger partial charge in [0.05, 0.1) is 25.0 Å². The van der Waals surface area contributed by atoms with Gasteiger partial charge in [-0.2, -0.15) is 0 Å². The van der Waals surface area contributed by atoms with Gasteiger partial charge in [-0.3, -0.25) is 29.0 Å². The van der Waals surface area contributed by atoms with Crippen molar-refractivity contribution >= 4 is 36.8 Å². The van der Waals surface area contributed by atoms with Crippen molar-refractivity contribution in [2.24, 2.45) is 5.92 Å². The van der Waals surface area contributed by atoms with Crippen LogP contribution in [0.3, 0.4) is 0 Å². The third kappa shape index (κ3) is 8.09. The van der Waals surface area contributed by atoms with Crippen molar-refractivity contribution in [1.29, 1.82) is 0 Å². The number of nitrogens with one attached hydrogen (secondary N) is 3. The number of carboxylic acids is 1. The van der Waals surface area contributed by atoms with Crippen LogP contribution in [0.25, 0.3) is 0 Å². The first-order valence-electron chi connectivity index (χ1n) is 12.8. The van der Waals surface area contributed by atoms with E-state index in [0.29, 0.717) is 0 Å². The number of aliphatic carboxylic acids is 1. The van der Waals surface area contributed by atoms with Crippen LogP contribution in [0.4, 0.5) is 0 Å². The molecule has 1 saturated heterocycles. The molecule has 1 fully saturated rings. The Morgan fingerprint density at radius 2 is 1.80 bits per heavy atom. The molecule has 1 aliphatic heterocycles. The molecule has 0 saturated carbocycles. The smallest absolute Gasteiger partial charge is 0.506 e. The molecule has 13 nitrogen and oxygen atoms in total. The maximum atomic E-state index is 13.6. The minimum Gasteiger partial charge on any atom is -0.506 e. The molecular formula is C26H32BN5O8. The average Bonchev–Trinajstić information content (AvgIpc) is 3.22. The summed E-state index contributed by atoms with van der Waals surface area (Å²) < 4.78 is 11.2. The Labute approximate surface area is 231 Å². The molecule has 3 rings (SSSR count). The topological polar surface area (TPSA) is 186 Å². The summed E-state index contributed by atoms with van der Waals surface area (Å²) in [5.41, 5.74) is -1.26. The lowest BCUT2D eigenvalue weighted by Crippen LogP contribution is -2.56. The average molecular weight is 553 g/mol. The fourth-order valence-electron chi connectivity index (χ4n) is 4.29. The number of carboxylic acid groups (broad SMARTS) is 1. The fourth-order valence-corrected chi connectivity index (χ4v) is 4.29. The first-order valence-corrected chi connectivity index (χ1v) is 12.8. The van der Waals surface area contributed by atoms with Gasteiger partial charge in [0.15, 0.2) is 5.60 Å². The van der Waals surface area contributed by atoms with Gasteiger partial charge in [0.1, 0.15) is 11.7 Å². The van der Waals surface area contributed by atoms with Crippen molar-refractivity contribution in [2.45, 2.75) is 57.1 Å². The predicted octanol–water partition coefficient (Wildman–Crippen LogP) is 0.299. The van der Waals surface area contributed by atoms with Crippen molar-refractivity contribution in [3.05, 3.63) is 60.2 Å². The Morgan fingerprint density at radius 1 is 1.07 bits per heavy atom. The van der Waals surface area contributed by atoms with Crippen LogP contribution >= 0.6 is 0 Å². The number of benzene rings is 1. The lowest BCUT2D eigenvalue weighted by molar-refractivity contribution is -0.154. The summed E-state index contributed by atoms with van der Waals surface area (Å²) in [4.78, 5) is 70.8. The Kier molecular flexibility index (Phi) is 10.3. The van der Waals surface area contributed by atoms with Crippen LogP contribution in [0.2, 0.25) is 0 Å². The van der Waals surface area contributed by atoms with E-state index in [1.165, 1.54) is 25.6 Å². The van der Waals surface area contributed by atoms with Gasteiger partial charge in [0.25, 0.3) is 5.91 Å². The van der Waals surface area contributed by atoms with Gasteiger partial charge in [-0.05, 0) is 17.9 Å². The lowest BCUT2D eigenvalue weighted by Gasteiger charge is -2.26. The molecule has 1 aromatic carbocycles. The standard InChI is InChI=1S/C26H32BN5O8/c1-16(2)11-20(27-39-25(38)26(40-27,14-22(34)35)13-21(33)28-3)32-23(36)18(12-17-7-5-4-6-8-17)31-24(37)19-15-29-9-10-30-19/h4-10,15-16,18,20H,11-14H2,1-3H3,(H,28,33)(H,31,37)(H,32,36)(H,34,35)/t18?,20?,26-/m1/s1. The molecule has 14 heteroatoms. The zero-order valence-corrected chi connectivity index (χ0v) is 22.5. The predicted molar refractivity (Wildman–Crippen MR) is 141 cm³/mol. The third-order valence-corrected chi connectivity index (χ3v) is 6.18. The van der Waals surface area contributed by atoms with Crippen LogP contribution in [0.1, 0.15) is 49.2 Å². The van der Waals surface area contributed by atoms with Crippen molar-refractivity contribution in [1.82, 2.24) is 25.9 Å².